The largest absolute Gasteiger partial charge is 0.396 e. The highest BCUT2D eigenvalue weighted by Crippen LogP contribution is 2.20. The molecular weight excluding hydrogens is 317 g/mol. The third-order valence-electron chi connectivity index (χ3n) is 2.47. The van der Waals surface area contributed by atoms with Crippen LogP contribution in [0.2, 0.25) is 0 Å². The Morgan fingerprint density at radius 2 is 1.83 bits per heavy atom. The van der Waals surface area contributed by atoms with Crippen molar-refractivity contribution >= 4 is 32.4 Å². The first-order valence-corrected chi connectivity index (χ1v) is 7.36. The van der Waals surface area contributed by atoms with E-state index in [1.54, 1.807) is 24.3 Å². The van der Waals surface area contributed by atoms with Crippen LogP contribution in [0.25, 0.3) is 0 Å². The molecule has 18 heavy (non-hydrogen) atoms. The molecule has 5 heteroatoms. The summed E-state index contributed by atoms with van der Waals surface area (Å²) in [6.07, 6.45) is 0. The van der Waals surface area contributed by atoms with E-state index in [-0.39, 0.29) is 11.4 Å². The van der Waals surface area contributed by atoms with Crippen molar-refractivity contribution in [3.05, 3.63) is 58.3 Å². The number of benzene rings is 2. The number of hydrogen-bond donors (Lipinski definition) is 1. The predicted molar refractivity (Wildman–Crippen MR) is 75.1 cm³/mol. The summed E-state index contributed by atoms with van der Waals surface area (Å²) in [4.78, 5) is 0.667. The van der Waals surface area contributed by atoms with Crippen molar-refractivity contribution in [2.75, 3.05) is 5.73 Å². The standard InChI is InChI=1S/C13H11BrFNOS/c14-10-4-6-11(7-5-10)18(17)8-9-2-1-3-12(16)13(9)15/h1-7H,8,16H2. The van der Waals surface area contributed by atoms with E-state index in [0.717, 1.165) is 4.47 Å². The molecule has 2 aromatic rings. The van der Waals surface area contributed by atoms with Crippen LogP contribution in [0.4, 0.5) is 10.1 Å². The Bertz CT molecular complexity index is 586. The Hall–Kier alpha value is -1.20. The van der Waals surface area contributed by atoms with Crippen molar-refractivity contribution in [1.82, 2.24) is 0 Å². The molecule has 2 N–H and O–H groups in total. The molecule has 0 saturated carbocycles. The molecule has 0 amide bonds. The second kappa shape index (κ2) is 5.63. The predicted octanol–water partition coefficient (Wildman–Crippen LogP) is 3.48. The van der Waals surface area contributed by atoms with Crippen LogP contribution in [0.5, 0.6) is 0 Å². The highest BCUT2D eigenvalue weighted by atomic mass is 79.9. The van der Waals surface area contributed by atoms with E-state index >= 15 is 0 Å². The van der Waals surface area contributed by atoms with Gasteiger partial charge in [0.05, 0.1) is 22.2 Å². The molecule has 0 aliphatic rings. The van der Waals surface area contributed by atoms with Crippen molar-refractivity contribution in [3.8, 4) is 0 Å². The summed E-state index contributed by atoms with van der Waals surface area (Å²) >= 11 is 3.31. The lowest BCUT2D eigenvalue weighted by atomic mass is 10.2. The minimum absolute atomic E-state index is 0.0836. The SMILES string of the molecule is Nc1cccc(CS(=O)c2ccc(Br)cc2)c1F. The monoisotopic (exact) mass is 327 g/mol. The van der Waals surface area contributed by atoms with Crippen molar-refractivity contribution in [3.63, 3.8) is 0 Å². The molecule has 2 nitrogen and oxygen atoms in total. The summed E-state index contributed by atoms with van der Waals surface area (Å²) in [5.74, 6) is -0.360. The fourth-order valence-electron chi connectivity index (χ4n) is 1.52. The molecule has 0 radical (unpaired) electrons. The second-order valence-electron chi connectivity index (χ2n) is 3.76. The van der Waals surface area contributed by atoms with Gasteiger partial charge in [0.1, 0.15) is 5.82 Å². The molecule has 0 aromatic heterocycles. The molecule has 2 aromatic carbocycles. The van der Waals surface area contributed by atoms with Gasteiger partial charge in [0.25, 0.3) is 0 Å². The summed E-state index contributed by atoms with van der Waals surface area (Å²) in [5, 5.41) is 0. The molecule has 0 saturated heterocycles. The topological polar surface area (TPSA) is 43.1 Å². The van der Waals surface area contributed by atoms with Crippen LogP contribution in [0.1, 0.15) is 5.56 Å². The lowest BCUT2D eigenvalue weighted by molar-refractivity contribution is 0.620. The van der Waals surface area contributed by atoms with Crippen LogP contribution >= 0.6 is 15.9 Å². The molecule has 1 atom stereocenters. The van der Waals surface area contributed by atoms with E-state index in [1.165, 1.54) is 6.07 Å². The van der Waals surface area contributed by atoms with E-state index in [4.69, 9.17) is 5.73 Å². The second-order valence-corrected chi connectivity index (χ2v) is 6.13. The lowest BCUT2D eigenvalue weighted by Crippen LogP contribution is -2.01. The molecule has 0 aliphatic heterocycles. The van der Waals surface area contributed by atoms with E-state index in [1.807, 2.05) is 12.1 Å². The quantitative estimate of drug-likeness (QED) is 0.877. The van der Waals surface area contributed by atoms with Crippen LogP contribution in [-0.4, -0.2) is 4.21 Å². The third-order valence-corrected chi connectivity index (χ3v) is 4.37. The Labute approximate surface area is 116 Å². The molecule has 0 aliphatic carbocycles. The van der Waals surface area contributed by atoms with Gasteiger partial charge in [-0.25, -0.2) is 4.39 Å². The summed E-state index contributed by atoms with van der Waals surface area (Å²) in [5.41, 5.74) is 5.93. The fraction of sp³-hybridized carbons (Fsp3) is 0.0769. The van der Waals surface area contributed by atoms with Crippen LogP contribution in [0, 0.1) is 5.82 Å². The Balaban J connectivity index is 2.21. The molecule has 94 valence electrons. The van der Waals surface area contributed by atoms with Gasteiger partial charge in [-0.3, -0.25) is 4.21 Å². The number of nitrogens with two attached hydrogens (primary N) is 1. The van der Waals surface area contributed by atoms with Gasteiger partial charge in [0.15, 0.2) is 0 Å². The van der Waals surface area contributed by atoms with Gasteiger partial charge in [0, 0.05) is 14.9 Å². The van der Waals surface area contributed by atoms with Crippen molar-refractivity contribution in [2.24, 2.45) is 0 Å². The minimum atomic E-state index is -1.28. The Morgan fingerprint density at radius 3 is 2.50 bits per heavy atom. The average molecular weight is 328 g/mol. The van der Waals surface area contributed by atoms with Gasteiger partial charge in [0.2, 0.25) is 0 Å². The maximum atomic E-state index is 13.7. The first-order valence-electron chi connectivity index (χ1n) is 5.25. The number of anilines is 1. The highest BCUT2D eigenvalue weighted by molar-refractivity contribution is 9.10. The van der Waals surface area contributed by atoms with Gasteiger partial charge in [-0.05, 0) is 30.3 Å². The molecule has 1 unspecified atom stereocenters. The van der Waals surface area contributed by atoms with Gasteiger partial charge in [-0.1, -0.05) is 28.1 Å². The van der Waals surface area contributed by atoms with Gasteiger partial charge >= 0.3 is 0 Å². The number of halogens is 2. The van der Waals surface area contributed by atoms with Gasteiger partial charge < -0.3 is 5.73 Å². The maximum Gasteiger partial charge on any atom is 0.150 e. The first kappa shape index (κ1) is 13.2. The van der Waals surface area contributed by atoms with Gasteiger partial charge in [-0.15, -0.1) is 0 Å². The van der Waals surface area contributed by atoms with Crippen LogP contribution < -0.4 is 5.73 Å². The number of nitrogen functional groups attached to an aromatic ring is 1. The zero-order valence-electron chi connectivity index (χ0n) is 9.40. The van der Waals surface area contributed by atoms with Gasteiger partial charge in [-0.2, -0.15) is 0 Å². The first-order chi connectivity index (χ1) is 8.58. The normalized spacial score (nSPS) is 12.3. The number of hydrogen-bond acceptors (Lipinski definition) is 2. The summed E-state index contributed by atoms with van der Waals surface area (Å²) < 4.78 is 26.7. The van der Waals surface area contributed by atoms with E-state index < -0.39 is 16.6 Å². The zero-order valence-corrected chi connectivity index (χ0v) is 11.8. The molecule has 0 heterocycles. The fourth-order valence-corrected chi connectivity index (χ4v) is 2.90. The van der Waals surface area contributed by atoms with E-state index in [0.29, 0.717) is 10.5 Å². The van der Waals surface area contributed by atoms with Crippen molar-refractivity contribution in [1.29, 1.82) is 0 Å². The third kappa shape index (κ3) is 2.97. The smallest absolute Gasteiger partial charge is 0.150 e. The Kier molecular flexibility index (Phi) is 4.14. The van der Waals surface area contributed by atoms with Crippen molar-refractivity contribution in [2.45, 2.75) is 10.6 Å². The lowest BCUT2D eigenvalue weighted by Gasteiger charge is -2.06. The summed E-state index contributed by atoms with van der Waals surface area (Å²) in [6, 6.07) is 11.9. The Morgan fingerprint density at radius 1 is 1.17 bits per heavy atom. The van der Waals surface area contributed by atoms with E-state index in [2.05, 4.69) is 15.9 Å². The van der Waals surface area contributed by atoms with Crippen molar-refractivity contribution < 1.29 is 8.60 Å². The van der Waals surface area contributed by atoms with Crippen LogP contribution in [-0.2, 0) is 16.6 Å². The number of rotatable bonds is 3. The van der Waals surface area contributed by atoms with E-state index in [9.17, 15) is 8.60 Å². The molecular formula is C13H11BrFNOS. The van der Waals surface area contributed by atoms with Crippen LogP contribution in [0.3, 0.4) is 0 Å². The summed E-state index contributed by atoms with van der Waals surface area (Å²) in [7, 11) is -1.28. The molecule has 0 bridgehead atoms. The average Bonchev–Trinajstić information content (AvgIpc) is 2.36. The molecule has 2 rings (SSSR count). The molecule has 0 fully saturated rings. The maximum absolute atomic E-state index is 13.7. The highest BCUT2D eigenvalue weighted by Gasteiger charge is 2.10. The van der Waals surface area contributed by atoms with Crippen LogP contribution in [0.15, 0.2) is 51.8 Å². The molecule has 0 spiro atoms. The zero-order chi connectivity index (χ0) is 13.1. The minimum Gasteiger partial charge on any atom is -0.396 e. The summed E-state index contributed by atoms with van der Waals surface area (Å²) in [6.45, 7) is 0.